The lowest BCUT2D eigenvalue weighted by Crippen LogP contribution is -2.33. The lowest BCUT2D eigenvalue weighted by molar-refractivity contribution is -0.169. The van der Waals surface area contributed by atoms with Gasteiger partial charge in [0.25, 0.3) is 11.8 Å². The molecule has 0 radical (unpaired) electrons. The van der Waals surface area contributed by atoms with Gasteiger partial charge in [-0.15, -0.1) is 0 Å². The van der Waals surface area contributed by atoms with Crippen LogP contribution >= 0.6 is 0 Å². The maximum atomic E-state index is 12.1. The fourth-order valence-electron chi connectivity index (χ4n) is 2.70. The van der Waals surface area contributed by atoms with E-state index in [4.69, 9.17) is 9.57 Å². The van der Waals surface area contributed by atoms with Crippen LogP contribution in [0.15, 0.2) is 48.5 Å². The van der Waals surface area contributed by atoms with Gasteiger partial charge in [0.2, 0.25) is 0 Å². The Hall–Kier alpha value is -3.15. The maximum Gasteiger partial charge on any atom is 0.336 e. The first-order valence-corrected chi connectivity index (χ1v) is 8.69. The molecular formula is C21H21NO5. The third kappa shape index (κ3) is 4.00. The highest BCUT2D eigenvalue weighted by molar-refractivity contribution is 6.20. The Morgan fingerprint density at radius 1 is 0.926 bits per heavy atom. The van der Waals surface area contributed by atoms with E-state index in [1.165, 1.54) is 17.7 Å². The molecule has 0 bridgehead atoms. The highest BCUT2D eigenvalue weighted by Crippen LogP contribution is 2.25. The molecule has 2 aromatic carbocycles. The summed E-state index contributed by atoms with van der Waals surface area (Å²) in [5, 5.41) is 0.505. The van der Waals surface area contributed by atoms with Crippen molar-refractivity contribution in [2.45, 2.75) is 32.6 Å². The van der Waals surface area contributed by atoms with Crippen molar-refractivity contribution in [3.63, 3.8) is 0 Å². The summed E-state index contributed by atoms with van der Waals surface area (Å²) in [4.78, 5) is 41.2. The van der Waals surface area contributed by atoms with Gasteiger partial charge in [0, 0.05) is 0 Å². The van der Waals surface area contributed by atoms with Crippen molar-refractivity contribution >= 4 is 17.8 Å². The van der Waals surface area contributed by atoms with Crippen molar-refractivity contribution < 1.29 is 24.0 Å². The van der Waals surface area contributed by atoms with Crippen LogP contribution < -0.4 is 4.74 Å². The Balaban J connectivity index is 1.51. The molecule has 0 aromatic heterocycles. The molecule has 0 fully saturated rings. The van der Waals surface area contributed by atoms with Crippen LogP contribution in [0.4, 0.5) is 0 Å². The van der Waals surface area contributed by atoms with E-state index in [2.05, 4.69) is 20.8 Å². The second kappa shape index (κ2) is 7.23. The molecule has 0 spiro atoms. The maximum absolute atomic E-state index is 12.1. The molecule has 0 unspecified atom stereocenters. The quantitative estimate of drug-likeness (QED) is 0.756. The third-order valence-electron chi connectivity index (χ3n) is 4.25. The molecular weight excluding hydrogens is 346 g/mol. The second-order valence-corrected chi connectivity index (χ2v) is 7.29. The molecule has 0 atom stereocenters. The molecule has 6 nitrogen and oxygen atoms in total. The van der Waals surface area contributed by atoms with Gasteiger partial charge in [-0.05, 0) is 35.2 Å². The van der Waals surface area contributed by atoms with Crippen molar-refractivity contribution in [1.29, 1.82) is 0 Å². The zero-order valence-electron chi connectivity index (χ0n) is 15.5. The summed E-state index contributed by atoms with van der Waals surface area (Å²) < 4.78 is 5.54. The van der Waals surface area contributed by atoms with E-state index in [1.54, 1.807) is 12.1 Å². The van der Waals surface area contributed by atoms with Crippen molar-refractivity contribution in [2.75, 3.05) is 6.61 Å². The van der Waals surface area contributed by atoms with Gasteiger partial charge in [-0.2, -0.15) is 0 Å². The van der Waals surface area contributed by atoms with Gasteiger partial charge in [-0.25, -0.2) is 4.79 Å². The fraction of sp³-hybridized carbons (Fsp3) is 0.286. The van der Waals surface area contributed by atoms with E-state index < -0.39 is 17.8 Å². The van der Waals surface area contributed by atoms with Crippen molar-refractivity contribution in [3.8, 4) is 5.75 Å². The number of carbonyl (C=O) groups is 3. The molecule has 0 saturated heterocycles. The van der Waals surface area contributed by atoms with Gasteiger partial charge in [-0.1, -0.05) is 50.1 Å². The molecule has 2 amide bonds. The lowest BCUT2D eigenvalue weighted by atomic mass is 9.87. The Morgan fingerprint density at radius 2 is 1.48 bits per heavy atom. The average molecular weight is 367 g/mol. The minimum atomic E-state index is -0.712. The van der Waals surface area contributed by atoms with Gasteiger partial charge in [-0.3, -0.25) is 9.59 Å². The van der Waals surface area contributed by atoms with Crippen molar-refractivity contribution in [3.05, 3.63) is 65.2 Å². The molecule has 0 N–H and O–H groups in total. The first-order valence-electron chi connectivity index (χ1n) is 8.69. The molecule has 1 aliphatic heterocycles. The topological polar surface area (TPSA) is 72.9 Å². The van der Waals surface area contributed by atoms with Crippen LogP contribution in [0.2, 0.25) is 0 Å². The van der Waals surface area contributed by atoms with Crippen molar-refractivity contribution in [2.24, 2.45) is 0 Å². The second-order valence-electron chi connectivity index (χ2n) is 7.29. The summed E-state index contributed by atoms with van der Waals surface area (Å²) in [5.41, 5.74) is 1.69. The first-order chi connectivity index (χ1) is 12.8. The fourth-order valence-corrected chi connectivity index (χ4v) is 2.70. The van der Waals surface area contributed by atoms with E-state index in [1.807, 2.05) is 24.3 Å². The molecule has 140 valence electrons. The number of carbonyl (C=O) groups excluding carboxylic acids is 3. The highest BCUT2D eigenvalue weighted by atomic mass is 16.7. The lowest BCUT2D eigenvalue weighted by Gasteiger charge is -2.19. The van der Waals surface area contributed by atoms with Crippen molar-refractivity contribution in [1.82, 2.24) is 5.06 Å². The normalized spacial score (nSPS) is 13.5. The number of rotatable bonds is 5. The van der Waals surface area contributed by atoms with E-state index in [0.717, 1.165) is 0 Å². The number of fused-ring (bicyclic) bond motifs is 1. The molecule has 27 heavy (non-hydrogen) atoms. The summed E-state index contributed by atoms with van der Waals surface area (Å²) in [6.07, 6.45) is -0.0889. The smallest absolute Gasteiger partial charge is 0.336 e. The Morgan fingerprint density at radius 3 is 2.00 bits per heavy atom. The number of hydroxylamine groups is 2. The van der Waals surface area contributed by atoms with Crippen LogP contribution in [0.1, 0.15) is 53.5 Å². The number of amides is 2. The molecule has 0 aliphatic carbocycles. The van der Waals surface area contributed by atoms with E-state index >= 15 is 0 Å². The van der Waals surface area contributed by atoms with Gasteiger partial charge in [0.15, 0.2) is 0 Å². The zero-order chi connectivity index (χ0) is 19.6. The molecule has 0 saturated carbocycles. The number of benzene rings is 2. The minimum absolute atomic E-state index is 0.0503. The van der Waals surface area contributed by atoms with E-state index in [0.29, 0.717) is 10.8 Å². The summed E-state index contributed by atoms with van der Waals surface area (Å²) >= 11 is 0. The van der Waals surface area contributed by atoms with Gasteiger partial charge in [0.05, 0.1) is 24.2 Å². The number of hydrogen-bond acceptors (Lipinski definition) is 5. The SMILES string of the molecule is CC(C)(C)c1ccc(OCCC(=O)ON2C(=O)c3ccccc3C2=O)cc1. The predicted octanol–water partition coefficient (Wildman–Crippen LogP) is 3.51. The van der Waals surface area contributed by atoms with Crippen LogP contribution in [0.25, 0.3) is 0 Å². The standard InChI is InChI=1S/C21H21NO5/c1-21(2,3)14-8-10-15(11-9-14)26-13-12-18(23)27-22-19(24)16-6-4-5-7-17(16)20(22)25/h4-11H,12-13H2,1-3H3. The van der Waals surface area contributed by atoms with Crippen LogP contribution in [0, 0.1) is 0 Å². The predicted molar refractivity (Wildman–Crippen MR) is 98.3 cm³/mol. The molecule has 2 aromatic rings. The number of hydrogen-bond donors (Lipinski definition) is 0. The minimum Gasteiger partial charge on any atom is -0.493 e. The number of nitrogens with zero attached hydrogens (tertiary/aromatic N) is 1. The van der Waals surface area contributed by atoms with E-state index in [-0.39, 0.29) is 29.6 Å². The molecule has 1 heterocycles. The Kier molecular flexibility index (Phi) is 4.99. The van der Waals surface area contributed by atoms with E-state index in [9.17, 15) is 14.4 Å². The monoisotopic (exact) mass is 367 g/mol. The zero-order valence-corrected chi connectivity index (χ0v) is 15.5. The molecule has 6 heteroatoms. The molecule has 3 rings (SSSR count). The van der Waals surface area contributed by atoms with Crippen LogP contribution in [0.5, 0.6) is 5.75 Å². The van der Waals surface area contributed by atoms with Crippen LogP contribution in [-0.2, 0) is 15.0 Å². The molecule has 1 aliphatic rings. The largest absolute Gasteiger partial charge is 0.493 e. The van der Waals surface area contributed by atoms with Crippen LogP contribution in [-0.4, -0.2) is 29.5 Å². The van der Waals surface area contributed by atoms with Gasteiger partial charge >= 0.3 is 5.97 Å². The Bertz CT molecular complexity index is 845. The summed E-state index contributed by atoms with van der Waals surface area (Å²) in [7, 11) is 0. The summed E-state index contributed by atoms with van der Waals surface area (Å²) in [6, 6.07) is 14.0. The Labute approximate surface area is 157 Å². The average Bonchev–Trinajstić information content (AvgIpc) is 2.87. The number of ether oxygens (including phenoxy) is 1. The van der Waals surface area contributed by atoms with Gasteiger partial charge in [0.1, 0.15) is 5.75 Å². The number of imide groups is 1. The summed E-state index contributed by atoms with van der Waals surface area (Å²) in [5.74, 6) is -1.35. The summed E-state index contributed by atoms with van der Waals surface area (Å²) in [6.45, 7) is 6.45. The van der Waals surface area contributed by atoms with Gasteiger partial charge < -0.3 is 9.57 Å². The third-order valence-corrected chi connectivity index (χ3v) is 4.25. The van der Waals surface area contributed by atoms with Crippen LogP contribution in [0.3, 0.4) is 0 Å². The first kappa shape index (κ1) is 18.6. The highest BCUT2D eigenvalue weighted by Gasteiger charge is 2.38.